The largest absolute Gasteiger partial charge is 0.467 e. The number of likely N-dealkylation sites (tertiary alicyclic amines) is 1. The molecular formula is C12H18N2O2. The molecule has 88 valence electrons. The molecule has 0 aromatic carbocycles. The average molecular weight is 222 g/mol. The Bertz CT molecular complexity index is 397. The summed E-state index contributed by atoms with van der Waals surface area (Å²) in [6.07, 6.45) is 2.06. The predicted octanol–water partition coefficient (Wildman–Crippen LogP) is 1.60. The van der Waals surface area contributed by atoms with Crippen LogP contribution < -0.4 is 5.73 Å². The lowest BCUT2D eigenvalue weighted by molar-refractivity contribution is -0.130. The van der Waals surface area contributed by atoms with Crippen LogP contribution in [0.3, 0.4) is 0 Å². The fraction of sp³-hybridized carbons (Fsp3) is 0.583. The van der Waals surface area contributed by atoms with Crippen LogP contribution >= 0.6 is 0 Å². The maximum absolute atomic E-state index is 11.8. The van der Waals surface area contributed by atoms with E-state index < -0.39 is 0 Å². The molecule has 4 nitrogen and oxygen atoms in total. The quantitative estimate of drug-likeness (QED) is 0.826. The highest BCUT2D eigenvalue weighted by Crippen LogP contribution is 2.35. The molecule has 1 amide bonds. The third kappa shape index (κ3) is 1.63. The summed E-state index contributed by atoms with van der Waals surface area (Å²) in [6, 6.07) is 1.78. The normalized spacial score (nSPS) is 25.8. The molecule has 1 aliphatic rings. The average Bonchev–Trinajstić information content (AvgIpc) is 2.69. The number of amides is 1. The Labute approximate surface area is 95.4 Å². The Kier molecular flexibility index (Phi) is 2.76. The Morgan fingerprint density at radius 2 is 2.25 bits per heavy atom. The van der Waals surface area contributed by atoms with E-state index in [1.54, 1.807) is 6.26 Å². The third-order valence-corrected chi connectivity index (χ3v) is 3.13. The number of nitrogens with zero attached hydrogens (tertiary/aromatic N) is 1. The molecule has 0 bridgehead atoms. The van der Waals surface area contributed by atoms with E-state index >= 15 is 0 Å². The lowest BCUT2D eigenvalue weighted by atomic mass is 10.0. The van der Waals surface area contributed by atoms with Gasteiger partial charge in [0, 0.05) is 18.5 Å². The van der Waals surface area contributed by atoms with Gasteiger partial charge in [-0.15, -0.1) is 0 Å². The molecular weight excluding hydrogens is 204 g/mol. The van der Waals surface area contributed by atoms with Crippen LogP contribution in [0.4, 0.5) is 0 Å². The zero-order valence-corrected chi connectivity index (χ0v) is 9.93. The second-order valence-corrected chi connectivity index (χ2v) is 4.68. The molecule has 4 heteroatoms. The number of carbonyl (C=O) groups excluding carboxylic acids is 1. The molecule has 0 spiro atoms. The molecule has 2 atom stereocenters. The maximum atomic E-state index is 11.8. The van der Waals surface area contributed by atoms with Crippen LogP contribution in [-0.2, 0) is 4.79 Å². The lowest BCUT2D eigenvalue weighted by Gasteiger charge is -2.29. The third-order valence-electron chi connectivity index (χ3n) is 3.13. The molecule has 2 N–H and O–H groups in total. The number of aryl methyl sites for hydroxylation is 1. The van der Waals surface area contributed by atoms with Crippen LogP contribution in [0.15, 0.2) is 16.7 Å². The highest BCUT2D eigenvalue weighted by molar-refractivity contribution is 5.80. The van der Waals surface area contributed by atoms with Gasteiger partial charge in [-0.05, 0) is 32.4 Å². The summed E-state index contributed by atoms with van der Waals surface area (Å²) in [5.41, 5.74) is 7.09. The van der Waals surface area contributed by atoms with E-state index in [0.717, 1.165) is 11.3 Å². The molecule has 1 aromatic rings. The molecule has 2 unspecified atom stereocenters. The molecule has 0 radical (unpaired) electrons. The van der Waals surface area contributed by atoms with E-state index in [1.807, 2.05) is 31.7 Å². The molecule has 1 fully saturated rings. The Balaban J connectivity index is 2.38. The summed E-state index contributed by atoms with van der Waals surface area (Å²) in [7, 11) is 0. The van der Waals surface area contributed by atoms with Crippen LogP contribution in [-0.4, -0.2) is 22.9 Å². The number of furan rings is 1. The Hall–Kier alpha value is -1.29. The van der Waals surface area contributed by atoms with Gasteiger partial charge in [0.05, 0.1) is 6.26 Å². The smallest absolute Gasteiger partial charge is 0.225 e. The second kappa shape index (κ2) is 3.94. The standard InChI is InChI=1S/C12H18N2O2/c1-7(2)14-10(15)6-9(13)11(14)12-8(3)4-5-16-12/h4-5,7,9,11H,6,13H2,1-3H3. The van der Waals surface area contributed by atoms with Crippen molar-refractivity contribution in [1.29, 1.82) is 0 Å². The van der Waals surface area contributed by atoms with Gasteiger partial charge < -0.3 is 15.1 Å². The van der Waals surface area contributed by atoms with Crippen LogP contribution in [0.5, 0.6) is 0 Å². The summed E-state index contributed by atoms with van der Waals surface area (Å²) < 4.78 is 5.47. The van der Waals surface area contributed by atoms with Gasteiger partial charge in [0.15, 0.2) is 0 Å². The van der Waals surface area contributed by atoms with E-state index in [1.165, 1.54) is 0 Å². The van der Waals surface area contributed by atoms with Crippen molar-refractivity contribution in [2.24, 2.45) is 5.73 Å². The summed E-state index contributed by atoms with van der Waals surface area (Å²) in [5.74, 6) is 0.940. The first-order valence-electron chi connectivity index (χ1n) is 5.63. The van der Waals surface area contributed by atoms with Crippen molar-refractivity contribution in [3.8, 4) is 0 Å². The molecule has 16 heavy (non-hydrogen) atoms. The molecule has 1 aliphatic heterocycles. The molecule has 1 aromatic heterocycles. The zero-order chi connectivity index (χ0) is 11.9. The van der Waals surface area contributed by atoms with Gasteiger partial charge in [0.1, 0.15) is 11.8 Å². The minimum Gasteiger partial charge on any atom is -0.467 e. The Morgan fingerprint density at radius 3 is 2.75 bits per heavy atom. The minimum absolute atomic E-state index is 0.109. The highest BCUT2D eigenvalue weighted by Gasteiger charge is 2.42. The molecule has 1 saturated heterocycles. The predicted molar refractivity (Wildman–Crippen MR) is 60.8 cm³/mol. The zero-order valence-electron chi connectivity index (χ0n) is 9.93. The number of rotatable bonds is 2. The van der Waals surface area contributed by atoms with Crippen LogP contribution in [0.2, 0.25) is 0 Å². The maximum Gasteiger partial charge on any atom is 0.225 e. The molecule has 0 saturated carbocycles. The molecule has 2 rings (SSSR count). The van der Waals surface area contributed by atoms with Crippen molar-refractivity contribution in [3.05, 3.63) is 23.7 Å². The van der Waals surface area contributed by atoms with E-state index in [-0.39, 0.29) is 24.0 Å². The number of nitrogens with two attached hydrogens (primary N) is 1. The van der Waals surface area contributed by atoms with Gasteiger partial charge in [0.2, 0.25) is 5.91 Å². The number of hydrogen-bond donors (Lipinski definition) is 1. The summed E-state index contributed by atoms with van der Waals surface area (Å²) in [4.78, 5) is 13.7. The summed E-state index contributed by atoms with van der Waals surface area (Å²) in [5, 5.41) is 0. The van der Waals surface area contributed by atoms with Crippen molar-refractivity contribution in [2.45, 2.75) is 45.3 Å². The highest BCUT2D eigenvalue weighted by atomic mass is 16.3. The van der Waals surface area contributed by atoms with Gasteiger partial charge in [0.25, 0.3) is 0 Å². The lowest BCUT2D eigenvalue weighted by Crippen LogP contribution is -2.37. The Morgan fingerprint density at radius 1 is 1.56 bits per heavy atom. The SMILES string of the molecule is Cc1ccoc1C1C(N)CC(=O)N1C(C)C. The van der Waals surface area contributed by atoms with Crippen LogP contribution in [0, 0.1) is 6.92 Å². The number of carbonyl (C=O) groups is 1. The van der Waals surface area contributed by atoms with Crippen LogP contribution in [0.1, 0.15) is 37.6 Å². The minimum atomic E-state index is -0.167. The van der Waals surface area contributed by atoms with Crippen molar-refractivity contribution >= 4 is 5.91 Å². The van der Waals surface area contributed by atoms with Gasteiger partial charge in [-0.2, -0.15) is 0 Å². The molecule has 0 aliphatic carbocycles. The first kappa shape index (κ1) is 11.2. The van der Waals surface area contributed by atoms with Gasteiger partial charge >= 0.3 is 0 Å². The second-order valence-electron chi connectivity index (χ2n) is 4.68. The van der Waals surface area contributed by atoms with Gasteiger partial charge in [-0.3, -0.25) is 4.79 Å². The first-order valence-corrected chi connectivity index (χ1v) is 5.63. The topological polar surface area (TPSA) is 59.5 Å². The molecule has 2 heterocycles. The van der Waals surface area contributed by atoms with Gasteiger partial charge in [-0.1, -0.05) is 0 Å². The summed E-state index contributed by atoms with van der Waals surface area (Å²) >= 11 is 0. The van der Waals surface area contributed by atoms with E-state index in [9.17, 15) is 4.79 Å². The van der Waals surface area contributed by atoms with Gasteiger partial charge in [-0.25, -0.2) is 0 Å². The number of hydrogen-bond acceptors (Lipinski definition) is 3. The van der Waals surface area contributed by atoms with Crippen molar-refractivity contribution in [1.82, 2.24) is 4.90 Å². The van der Waals surface area contributed by atoms with E-state index in [2.05, 4.69) is 0 Å². The van der Waals surface area contributed by atoms with E-state index in [0.29, 0.717) is 6.42 Å². The van der Waals surface area contributed by atoms with Crippen LogP contribution in [0.25, 0.3) is 0 Å². The van der Waals surface area contributed by atoms with E-state index in [4.69, 9.17) is 10.2 Å². The van der Waals surface area contributed by atoms with Crippen molar-refractivity contribution < 1.29 is 9.21 Å². The fourth-order valence-corrected chi connectivity index (χ4v) is 2.40. The first-order chi connectivity index (χ1) is 7.52. The van der Waals surface area contributed by atoms with Crippen molar-refractivity contribution in [3.63, 3.8) is 0 Å². The van der Waals surface area contributed by atoms with Crippen molar-refractivity contribution in [2.75, 3.05) is 0 Å². The fourth-order valence-electron chi connectivity index (χ4n) is 2.40. The summed E-state index contributed by atoms with van der Waals surface area (Å²) in [6.45, 7) is 5.98. The monoisotopic (exact) mass is 222 g/mol.